The third kappa shape index (κ3) is 2.07. The summed E-state index contributed by atoms with van der Waals surface area (Å²) < 4.78 is 2.46. The van der Waals surface area contributed by atoms with Crippen molar-refractivity contribution in [2.75, 3.05) is 13.1 Å². The van der Waals surface area contributed by atoms with Gasteiger partial charge in [0.15, 0.2) is 0 Å². The molecular formula is C13H17N3O3S. The van der Waals surface area contributed by atoms with Gasteiger partial charge in [-0.2, -0.15) is 0 Å². The average Bonchev–Trinajstić information content (AvgIpc) is 2.89. The zero-order valence-corrected chi connectivity index (χ0v) is 12.8. The smallest absolute Gasteiger partial charge is 0.331 e. The van der Waals surface area contributed by atoms with Crippen molar-refractivity contribution in [2.45, 2.75) is 13.8 Å². The second-order valence-electron chi connectivity index (χ2n) is 4.51. The highest BCUT2D eigenvalue weighted by molar-refractivity contribution is 7.20. The Bertz CT molecular complexity index is 780. The predicted octanol–water partition coefficient (Wildman–Crippen LogP) is 0.781. The molecule has 0 bridgehead atoms. The molecule has 2 rings (SSSR count). The molecule has 2 aromatic rings. The minimum absolute atomic E-state index is 0.106. The van der Waals surface area contributed by atoms with E-state index in [1.165, 1.54) is 23.0 Å². The van der Waals surface area contributed by atoms with Crippen LogP contribution in [0.4, 0.5) is 0 Å². The van der Waals surface area contributed by atoms with E-state index in [-0.39, 0.29) is 17.2 Å². The van der Waals surface area contributed by atoms with Gasteiger partial charge in [-0.15, -0.1) is 11.3 Å². The zero-order valence-electron chi connectivity index (χ0n) is 12.0. The first-order chi connectivity index (χ1) is 9.42. The van der Waals surface area contributed by atoms with Gasteiger partial charge in [0.1, 0.15) is 4.83 Å². The van der Waals surface area contributed by atoms with Gasteiger partial charge in [-0.1, -0.05) is 0 Å². The van der Waals surface area contributed by atoms with Crippen LogP contribution in [0, 0.1) is 0 Å². The van der Waals surface area contributed by atoms with E-state index in [4.69, 9.17) is 0 Å². The van der Waals surface area contributed by atoms with Gasteiger partial charge in [0.2, 0.25) is 0 Å². The molecule has 2 heterocycles. The quantitative estimate of drug-likeness (QED) is 0.840. The Kier molecular flexibility index (Phi) is 3.80. The van der Waals surface area contributed by atoms with Crippen LogP contribution < -0.4 is 11.2 Å². The first kappa shape index (κ1) is 14.5. The molecule has 0 aliphatic carbocycles. The molecule has 1 amide bonds. The number of thiophene rings is 1. The van der Waals surface area contributed by atoms with E-state index >= 15 is 0 Å². The van der Waals surface area contributed by atoms with E-state index in [1.54, 1.807) is 18.0 Å². The summed E-state index contributed by atoms with van der Waals surface area (Å²) in [5.74, 6) is -0.106. The van der Waals surface area contributed by atoms with E-state index in [9.17, 15) is 14.4 Å². The summed E-state index contributed by atoms with van der Waals surface area (Å²) in [5, 5.41) is 0.412. The maximum Gasteiger partial charge on any atom is 0.331 e. The molecule has 0 saturated heterocycles. The van der Waals surface area contributed by atoms with Crippen LogP contribution in [0.5, 0.6) is 0 Å². The van der Waals surface area contributed by atoms with Crippen molar-refractivity contribution in [3.05, 3.63) is 31.8 Å². The Morgan fingerprint density at radius 3 is 2.35 bits per heavy atom. The maximum atomic E-state index is 12.3. The third-order valence-electron chi connectivity index (χ3n) is 3.39. The lowest BCUT2D eigenvalue weighted by Gasteiger charge is -2.17. The van der Waals surface area contributed by atoms with E-state index in [2.05, 4.69) is 0 Å². The fourth-order valence-electron chi connectivity index (χ4n) is 2.14. The Hall–Kier alpha value is -1.89. The molecule has 0 spiro atoms. The molecule has 7 heteroatoms. The minimum atomic E-state index is -0.383. The van der Waals surface area contributed by atoms with Crippen LogP contribution in [0.3, 0.4) is 0 Å². The Morgan fingerprint density at radius 2 is 1.80 bits per heavy atom. The van der Waals surface area contributed by atoms with E-state index in [1.807, 2.05) is 13.8 Å². The van der Waals surface area contributed by atoms with Crippen LogP contribution in [-0.2, 0) is 14.1 Å². The first-order valence-electron chi connectivity index (χ1n) is 6.41. The van der Waals surface area contributed by atoms with Gasteiger partial charge in [0.05, 0.1) is 10.3 Å². The molecule has 2 aromatic heterocycles. The standard InChI is InChI=1S/C13H17N3O3S/c1-5-16(6-2)11(18)9-7-8-10(17)14(3)13(19)15(4)12(8)20-9/h7H,5-6H2,1-4H3. The second kappa shape index (κ2) is 5.24. The molecule has 0 aliphatic heterocycles. The summed E-state index contributed by atoms with van der Waals surface area (Å²) in [4.78, 5) is 39.0. The van der Waals surface area contributed by atoms with Gasteiger partial charge in [0, 0.05) is 27.2 Å². The molecule has 0 atom stereocenters. The Labute approximate surface area is 119 Å². The highest BCUT2D eigenvalue weighted by atomic mass is 32.1. The van der Waals surface area contributed by atoms with Crippen LogP contribution in [0.2, 0.25) is 0 Å². The third-order valence-corrected chi connectivity index (χ3v) is 4.59. The molecule has 6 nitrogen and oxygen atoms in total. The summed E-state index contributed by atoms with van der Waals surface area (Å²) in [6.45, 7) is 5.04. The lowest BCUT2D eigenvalue weighted by molar-refractivity contribution is 0.0778. The van der Waals surface area contributed by atoms with Crippen LogP contribution in [-0.4, -0.2) is 33.0 Å². The van der Waals surface area contributed by atoms with Crippen LogP contribution >= 0.6 is 11.3 Å². The van der Waals surface area contributed by atoms with Gasteiger partial charge < -0.3 is 4.90 Å². The Balaban J connectivity index is 2.69. The van der Waals surface area contributed by atoms with Gasteiger partial charge in [-0.05, 0) is 19.9 Å². The second-order valence-corrected chi connectivity index (χ2v) is 5.54. The van der Waals surface area contributed by atoms with Crippen LogP contribution in [0.15, 0.2) is 15.7 Å². The molecule has 0 radical (unpaired) electrons. The minimum Gasteiger partial charge on any atom is -0.339 e. The summed E-state index contributed by atoms with van der Waals surface area (Å²) >= 11 is 1.19. The fraction of sp³-hybridized carbons (Fsp3) is 0.462. The number of carbonyl (C=O) groups is 1. The maximum absolute atomic E-state index is 12.3. The molecular weight excluding hydrogens is 278 g/mol. The zero-order chi connectivity index (χ0) is 15.0. The van der Waals surface area contributed by atoms with Crippen molar-refractivity contribution in [2.24, 2.45) is 14.1 Å². The van der Waals surface area contributed by atoms with Crippen molar-refractivity contribution < 1.29 is 4.79 Å². The highest BCUT2D eigenvalue weighted by Gasteiger charge is 2.19. The molecule has 20 heavy (non-hydrogen) atoms. The van der Waals surface area contributed by atoms with Gasteiger partial charge >= 0.3 is 5.69 Å². The van der Waals surface area contributed by atoms with Crippen molar-refractivity contribution in [1.29, 1.82) is 0 Å². The summed E-state index contributed by atoms with van der Waals surface area (Å²) in [7, 11) is 3.04. The summed E-state index contributed by atoms with van der Waals surface area (Å²) in [5.41, 5.74) is -0.746. The molecule has 0 aromatic carbocycles. The average molecular weight is 295 g/mol. The molecule has 108 valence electrons. The highest BCUT2D eigenvalue weighted by Crippen LogP contribution is 2.22. The van der Waals surface area contributed by atoms with Crippen molar-refractivity contribution in [1.82, 2.24) is 14.0 Å². The van der Waals surface area contributed by atoms with Crippen molar-refractivity contribution in [3.8, 4) is 0 Å². The number of nitrogens with zero attached hydrogens (tertiary/aromatic N) is 3. The molecule has 0 N–H and O–H groups in total. The van der Waals surface area contributed by atoms with E-state index in [0.717, 1.165) is 4.57 Å². The first-order valence-corrected chi connectivity index (χ1v) is 7.22. The molecule has 0 saturated carbocycles. The molecule has 0 fully saturated rings. The van der Waals surface area contributed by atoms with Crippen LogP contribution in [0.1, 0.15) is 23.5 Å². The van der Waals surface area contributed by atoms with E-state index < -0.39 is 0 Å². The lowest BCUT2D eigenvalue weighted by Crippen LogP contribution is -2.36. The number of aryl methyl sites for hydroxylation is 1. The fourth-order valence-corrected chi connectivity index (χ4v) is 3.21. The lowest BCUT2D eigenvalue weighted by atomic mass is 10.3. The number of hydrogen-bond acceptors (Lipinski definition) is 4. The van der Waals surface area contributed by atoms with Crippen LogP contribution in [0.25, 0.3) is 10.2 Å². The number of hydrogen-bond donors (Lipinski definition) is 0. The topological polar surface area (TPSA) is 64.3 Å². The normalized spacial score (nSPS) is 11.0. The number of amides is 1. The number of aromatic nitrogens is 2. The number of carbonyl (C=O) groups excluding carboxylic acids is 1. The summed E-state index contributed by atoms with van der Waals surface area (Å²) in [6.07, 6.45) is 0. The van der Waals surface area contributed by atoms with Gasteiger partial charge in [0.25, 0.3) is 11.5 Å². The molecule has 0 unspecified atom stereocenters. The predicted molar refractivity (Wildman–Crippen MR) is 79.6 cm³/mol. The van der Waals surface area contributed by atoms with E-state index in [0.29, 0.717) is 28.2 Å². The van der Waals surface area contributed by atoms with Gasteiger partial charge in [-0.3, -0.25) is 18.7 Å². The monoisotopic (exact) mass is 295 g/mol. The van der Waals surface area contributed by atoms with Crippen molar-refractivity contribution in [3.63, 3.8) is 0 Å². The largest absolute Gasteiger partial charge is 0.339 e. The Morgan fingerprint density at radius 1 is 1.20 bits per heavy atom. The van der Waals surface area contributed by atoms with Gasteiger partial charge in [-0.25, -0.2) is 4.79 Å². The SMILES string of the molecule is CCN(CC)C(=O)c1cc2c(=O)n(C)c(=O)n(C)c2s1. The number of rotatable bonds is 3. The number of fused-ring (bicyclic) bond motifs is 1. The van der Waals surface area contributed by atoms with Crippen molar-refractivity contribution >= 4 is 27.5 Å². The summed E-state index contributed by atoms with van der Waals surface area (Å²) in [6, 6.07) is 1.59. The molecule has 0 aliphatic rings.